The average molecular weight is 309 g/mol. The van der Waals surface area contributed by atoms with Gasteiger partial charge < -0.3 is 10.5 Å². The molecule has 5 heteroatoms. The molecule has 1 aromatic carbocycles. The Morgan fingerprint density at radius 1 is 1.29 bits per heavy atom. The second kappa shape index (κ2) is 5.71. The van der Waals surface area contributed by atoms with Gasteiger partial charge in [-0.1, -0.05) is 31.2 Å². The molecule has 4 unspecified atom stereocenters. The van der Waals surface area contributed by atoms with E-state index in [0.717, 1.165) is 18.4 Å². The lowest BCUT2D eigenvalue weighted by atomic mass is 9.81. The Balaban J connectivity index is 1.86. The monoisotopic (exact) mass is 309 g/mol. The van der Waals surface area contributed by atoms with E-state index >= 15 is 0 Å². The Kier molecular flexibility index (Phi) is 4.08. The van der Waals surface area contributed by atoms with Gasteiger partial charge in [-0.2, -0.15) is 0 Å². The fourth-order valence-electron chi connectivity index (χ4n) is 3.61. The number of ether oxygens (including phenoxy) is 1. The number of hydrogen-bond acceptors (Lipinski definition) is 4. The first-order valence-electron chi connectivity index (χ1n) is 7.66. The molecule has 21 heavy (non-hydrogen) atoms. The maximum absolute atomic E-state index is 12.7. The second-order valence-corrected chi connectivity index (χ2v) is 8.56. The standard InChI is InChI=1S/C16H23NO3S/c1-11-9-15(16(17)14-7-3-2-6-13(11)14)21(18,19)10-12-5-4-8-20-12/h2-3,6-7,11-12,15-16H,4-5,8-10,17H2,1H3. The first-order chi connectivity index (χ1) is 9.99. The van der Waals surface area contributed by atoms with E-state index in [9.17, 15) is 8.42 Å². The summed E-state index contributed by atoms with van der Waals surface area (Å²) in [7, 11) is -3.24. The maximum Gasteiger partial charge on any atom is 0.157 e. The molecule has 0 radical (unpaired) electrons. The van der Waals surface area contributed by atoms with Crippen LogP contribution in [0.15, 0.2) is 24.3 Å². The molecule has 1 aromatic rings. The van der Waals surface area contributed by atoms with E-state index in [1.165, 1.54) is 5.56 Å². The zero-order chi connectivity index (χ0) is 15.0. The van der Waals surface area contributed by atoms with Crippen LogP contribution in [-0.2, 0) is 14.6 Å². The highest BCUT2D eigenvalue weighted by atomic mass is 32.2. The van der Waals surface area contributed by atoms with Crippen molar-refractivity contribution in [3.8, 4) is 0 Å². The molecule has 2 N–H and O–H groups in total. The van der Waals surface area contributed by atoms with E-state index in [2.05, 4.69) is 13.0 Å². The highest BCUT2D eigenvalue weighted by Crippen LogP contribution is 2.39. The van der Waals surface area contributed by atoms with Crippen molar-refractivity contribution in [3.63, 3.8) is 0 Å². The quantitative estimate of drug-likeness (QED) is 0.929. The summed E-state index contributed by atoms with van der Waals surface area (Å²) in [6.45, 7) is 2.76. The van der Waals surface area contributed by atoms with Gasteiger partial charge in [0, 0.05) is 12.6 Å². The fraction of sp³-hybridized carbons (Fsp3) is 0.625. The first kappa shape index (κ1) is 15.0. The van der Waals surface area contributed by atoms with Crippen molar-refractivity contribution < 1.29 is 13.2 Å². The molecule has 1 saturated heterocycles. The van der Waals surface area contributed by atoms with E-state index in [1.807, 2.05) is 18.2 Å². The van der Waals surface area contributed by atoms with Crippen LogP contribution in [0.3, 0.4) is 0 Å². The lowest BCUT2D eigenvalue weighted by Gasteiger charge is -2.34. The van der Waals surface area contributed by atoms with Gasteiger partial charge in [-0.3, -0.25) is 0 Å². The number of sulfone groups is 1. The maximum atomic E-state index is 12.7. The molecule has 3 rings (SSSR count). The summed E-state index contributed by atoms with van der Waals surface area (Å²) in [4.78, 5) is 0. The van der Waals surface area contributed by atoms with Gasteiger partial charge in [0.15, 0.2) is 9.84 Å². The molecule has 0 aromatic heterocycles. The highest BCUT2D eigenvalue weighted by Gasteiger charge is 2.40. The van der Waals surface area contributed by atoms with Crippen LogP contribution in [0.2, 0.25) is 0 Å². The molecule has 4 atom stereocenters. The van der Waals surface area contributed by atoms with Crippen LogP contribution >= 0.6 is 0 Å². The number of hydrogen-bond donors (Lipinski definition) is 1. The molecule has 1 fully saturated rings. The van der Waals surface area contributed by atoms with Crippen LogP contribution in [0.25, 0.3) is 0 Å². The smallest absolute Gasteiger partial charge is 0.157 e. The predicted octanol–water partition coefficient (Wildman–Crippen LogP) is 2.16. The zero-order valence-corrected chi connectivity index (χ0v) is 13.2. The third-order valence-corrected chi connectivity index (χ3v) is 7.02. The fourth-order valence-corrected chi connectivity index (χ4v) is 5.82. The summed E-state index contributed by atoms with van der Waals surface area (Å²) in [6, 6.07) is 7.51. The molecule has 2 aliphatic rings. The third-order valence-electron chi connectivity index (χ3n) is 4.78. The zero-order valence-electron chi connectivity index (χ0n) is 12.4. The summed E-state index contributed by atoms with van der Waals surface area (Å²) in [5.74, 6) is 0.338. The lowest BCUT2D eigenvalue weighted by Crippen LogP contribution is -2.41. The van der Waals surface area contributed by atoms with Gasteiger partial charge in [0.05, 0.1) is 17.1 Å². The van der Waals surface area contributed by atoms with E-state index in [-0.39, 0.29) is 17.8 Å². The Bertz CT molecular complexity index is 608. The Labute approximate surface area is 126 Å². The SMILES string of the molecule is CC1CC(S(=O)(=O)CC2CCCO2)C(N)c2ccccc21. The summed E-state index contributed by atoms with van der Waals surface area (Å²) in [5, 5.41) is -0.494. The van der Waals surface area contributed by atoms with Gasteiger partial charge in [0.2, 0.25) is 0 Å². The van der Waals surface area contributed by atoms with Crippen molar-refractivity contribution >= 4 is 9.84 Å². The molecular weight excluding hydrogens is 286 g/mol. The molecule has 1 heterocycles. The van der Waals surface area contributed by atoms with Crippen molar-refractivity contribution in [1.29, 1.82) is 0 Å². The number of nitrogens with two attached hydrogens (primary N) is 1. The van der Waals surface area contributed by atoms with Gasteiger partial charge in [-0.25, -0.2) is 8.42 Å². The topological polar surface area (TPSA) is 69.4 Å². The molecule has 0 spiro atoms. The normalized spacial score (nSPS) is 32.9. The van der Waals surface area contributed by atoms with E-state index in [4.69, 9.17) is 10.5 Å². The summed E-state index contributed by atoms with van der Waals surface area (Å²) in [6.07, 6.45) is 2.26. The predicted molar refractivity (Wildman–Crippen MR) is 83.0 cm³/mol. The summed E-state index contributed by atoms with van der Waals surface area (Å²) in [5.41, 5.74) is 8.47. The van der Waals surface area contributed by atoms with E-state index < -0.39 is 21.1 Å². The minimum absolute atomic E-state index is 0.111. The summed E-state index contributed by atoms with van der Waals surface area (Å²) >= 11 is 0. The van der Waals surface area contributed by atoms with Crippen LogP contribution in [0.1, 0.15) is 49.3 Å². The number of rotatable bonds is 3. The molecule has 0 bridgehead atoms. The van der Waals surface area contributed by atoms with Gasteiger partial charge >= 0.3 is 0 Å². The Hall–Kier alpha value is -0.910. The second-order valence-electron chi connectivity index (χ2n) is 6.29. The highest BCUT2D eigenvalue weighted by molar-refractivity contribution is 7.92. The molecule has 116 valence electrons. The van der Waals surface area contributed by atoms with Crippen molar-refractivity contribution in [2.75, 3.05) is 12.4 Å². The number of fused-ring (bicyclic) bond motifs is 1. The molecule has 0 amide bonds. The van der Waals surface area contributed by atoms with Crippen molar-refractivity contribution in [2.45, 2.75) is 49.5 Å². The van der Waals surface area contributed by atoms with E-state index in [1.54, 1.807) is 0 Å². The average Bonchev–Trinajstić information content (AvgIpc) is 2.95. The largest absolute Gasteiger partial charge is 0.377 e. The first-order valence-corrected chi connectivity index (χ1v) is 9.38. The van der Waals surface area contributed by atoms with Crippen LogP contribution < -0.4 is 5.73 Å². The van der Waals surface area contributed by atoms with Gasteiger partial charge in [0.1, 0.15) is 0 Å². The van der Waals surface area contributed by atoms with Gasteiger partial charge in [-0.05, 0) is 36.3 Å². The Morgan fingerprint density at radius 3 is 2.67 bits per heavy atom. The summed E-state index contributed by atoms with van der Waals surface area (Å²) < 4.78 is 31.0. The molecule has 4 nitrogen and oxygen atoms in total. The minimum atomic E-state index is -3.24. The van der Waals surface area contributed by atoms with Crippen molar-refractivity contribution in [1.82, 2.24) is 0 Å². The number of benzene rings is 1. The van der Waals surface area contributed by atoms with Crippen LogP contribution in [0.4, 0.5) is 0 Å². The van der Waals surface area contributed by atoms with Gasteiger partial charge in [-0.15, -0.1) is 0 Å². The lowest BCUT2D eigenvalue weighted by molar-refractivity contribution is 0.127. The van der Waals surface area contributed by atoms with Crippen LogP contribution in [0.5, 0.6) is 0 Å². The van der Waals surface area contributed by atoms with E-state index in [0.29, 0.717) is 13.0 Å². The molecule has 1 aliphatic carbocycles. The Morgan fingerprint density at radius 2 is 2.00 bits per heavy atom. The molecule has 0 saturated carbocycles. The van der Waals surface area contributed by atoms with Crippen molar-refractivity contribution in [2.24, 2.45) is 5.73 Å². The molecular formula is C16H23NO3S. The molecule has 1 aliphatic heterocycles. The minimum Gasteiger partial charge on any atom is -0.377 e. The van der Waals surface area contributed by atoms with Crippen molar-refractivity contribution in [3.05, 3.63) is 35.4 Å². The van der Waals surface area contributed by atoms with Crippen LogP contribution in [0, 0.1) is 0 Å². The third kappa shape index (κ3) is 2.87. The van der Waals surface area contributed by atoms with Gasteiger partial charge in [0.25, 0.3) is 0 Å². The van der Waals surface area contributed by atoms with Crippen LogP contribution in [-0.4, -0.2) is 32.1 Å².